The van der Waals surface area contributed by atoms with Crippen molar-refractivity contribution in [2.45, 2.75) is 6.92 Å². The molecule has 0 aromatic heterocycles. The van der Waals surface area contributed by atoms with E-state index in [1.807, 2.05) is 49.4 Å². The number of amides is 1. The summed E-state index contributed by atoms with van der Waals surface area (Å²) in [5.74, 6) is 1.25. The van der Waals surface area contributed by atoms with Crippen LogP contribution in [0.3, 0.4) is 0 Å². The Bertz CT molecular complexity index is 842. The van der Waals surface area contributed by atoms with Gasteiger partial charge in [-0.1, -0.05) is 29.8 Å². The Kier molecular flexibility index (Phi) is 6.95. The zero-order valence-corrected chi connectivity index (χ0v) is 16.9. The minimum Gasteiger partial charge on any atom is -0.493 e. The summed E-state index contributed by atoms with van der Waals surface area (Å²) in [6.07, 6.45) is 1.67. The highest BCUT2D eigenvalue weighted by Crippen LogP contribution is 2.33. The fraction of sp³-hybridized carbons (Fsp3) is 0.318. The normalized spacial score (nSPS) is 14.7. The van der Waals surface area contributed by atoms with Gasteiger partial charge in [-0.3, -0.25) is 4.79 Å². The smallest absolute Gasteiger partial charge is 0.247 e. The summed E-state index contributed by atoms with van der Waals surface area (Å²) < 4.78 is 16.4. The Labute approximate surface area is 170 Å². The van der Waals surface area contributed by atoms with Crippen LogP contribution in [-0.4, -0.2) is 50.8 Å². The monoisotopic (exact) mass is 401 g/mol. The number of methoxy groups -OCH3 is 1. The fourth-order valence-corrected chi connectivity index (χ4v) is 3.20. The first-order valence-corrected chi connectivity index (χ1v) is 9.65. The van der Waals surface area contributed by atoms with Gasteiger partial charge in [0, 0.05) is 24.2 Å². The standard InChI is InChI=1S/C22H24ClNO4/c1-3-28-20-9-6-17(14-21(20)26-2)19(16-4-7-18(23)8-5-16)15-22(25)24-10-12-27-13-11-24/h4-9,14-15H,3,10-13H2,1-2H3/b19-15+. The third-order valence-electron chi connectivity index (χ3n) is 4.52. The van der Waals surface area contributed by atoms with Gasteiger partial charge in [-0.25, -0.2) is 0 Å². The number of hydrogen-bond acceptors (Lipinski definition) is 4. The number of carbonyl (C=O) groups excluding carboxylic acids is 1. The van der Waals surface area contributed by atoms with E-state index in [9.17, 15) is 4.79 Å². The minimum absolute atomic E-state index is 0.0406. The third-order valence-corrected chi connectivity index (χ3v) is 4.77. The van der Waals surface area contributed by atoms with Crippen molar-refractivity contribution in [1.82, 2.24) is 4.90 Å². The van der Waals surface area contributed by atoms with E-state index >= 15 is 0 Å². The molecule has 0 aliphatic carbocycles. The molecule has 1 aliphatic heterocycles. The van der Waals surface area contributed by atoms with Gasteiger partial charge >= 0.3 is 0 Å². The lowest BCUT2D eigenvalue weighted by Gasteiger charge is -2.26. The zero-order chi connectivity index (χ0) is 19.9. The lowest BCUT2D eigenvalue weighted by atomic mass is 9.96. The van der Waals surface area contributed by atoms with Crippen LogP contribution in [0.2, 0.25) is 5.02 Å². The molecule has 28 heavy (non-hydrogen) atoms. The van der Waals surface area contributed by atoms with E-state index in [-0.39, 0.29) is 5.91 Å². The summed E-state index contributed by atoms with van der Waals surface area (Å²) in [4.78, 5) is 14.7. The lowest BCUT2D eigenvalue weighted by Crippen LogP contribution is -2.39. The molecule has 0 unspecified atom stereocenters. The number of nitrogens with zero attached hydrogens (tertiary/aromatic N) is 1. The quantitative estimate of drug-likeness (QED) is 0.685. The molecular weight excluding hydrogens is 378 g/mol. The van der Waals surface area contributed by atoms with Crippen molar-refractivity contribution >= 4 is 23.1 Å². The summed E-state index contributed by atoms with van der Waals surface area (Å²) in [6, 6.07) is 13.1. The molecule has 0 spiro atoms. The Hall–Kier alpha value is -2.50. The van der Waals surface area contributed by atoms with Gasteiger partial charge in [0.2, 0.25) is 5.91 Å². The van der Waals surface area contributed by atoms with E-state index in [0.717, 1.165) is 16.7 Å². The van der Waals surface area contributed by atoms with Crippen LogP contribution >= 0.6 is 11.6 Å². The van der Waals surface area contributed by atoms with Crippen LogP contribution in [0, 0.1) is 0 Å². The molecule has 1 amide bonds. The molecule has 2 aromatic rings. The van der Waals surface area contributed by atoms with Gasteiger partial charge in [0.15, 0.2) is 11.5 Å². The first kappa shape index (κ1) is 20.2. The highest BCUT2D eigenvalue weighted by Gasteiger charge is 2.18. The SMILES string of the molecule is CCOc1ccc(/C(=C/C(=O)N2CCOCC2)c2ccc(Cl)cc2)cc1OC. The number of benzene rings is 2. The van der Waals surface area contributed by atoms with Gasteiger partial charge in [0.05, 0.1) is 26.9 Å². The first-order valence-electron chi connectivity index (χ1n) is 9.28. The maximum atomic E-state index is 12.9. The highest BCUT2D eigenvalue weighted by molar-refractivity contribution is 6.30. The Morgan fingerprint density at radius 1 is 1.11 bits per heavy atom. The predicted octanol–water partition coefficient (Wildman–Crippen LogP) is 4.04. The van der Waals surface area contributed by atoms with E-state index in [1.54, 1.807) is 18.1 Å². The number of hydrogen-bond donors (Lipinski definition) is 0. The second-order valence-electron chi connectivity index (χ2n) is 6.30. The molecule has 0 bridgehead atoms. The topological polar surface area (TPSA) is 48.0 Å². The van der Waals surface area contributed by atoms with Crippen LogP contribution in [0.1, 0.15) is 18.1 Å². The molecule has 1 aliphatic rings. The molecule has 0 N–H and O–H groups in total. The molecule has 6 heteroatoms. The predicted molar refractivity (Wildman–Crippen MR) is 110 cm³/mol. The molecule has 0 radical (unpaired) electrons. The first-order chi connectivity index (χ1) is 13.6. The minimum atomic E-state index is -0.0406. The summed E-state index contributed by atoms with van der Waals surface area (Å²) in [5, 5.41) is 0.645. The Balaban J connectivity index is 2.02. The summed E-state index contributed by atoms with van der Waals surface area (Å²) in [5.41, 5.74) is 2.57. The summed E-state index contributed by atoms with van der Waals surface area (Å²) in [7, 11) is 1.60. The van der Waals surface area contributed by atoms with Crippen LogP contribution in [-0.2, 0) is 9.53 Å². The number of ether oxygens (including phenoxy) is 3. The van der Waals surface area contributed by atoms with E-state index in [2.05, 4.69) is 0 Å². The molecule has 3 rings (SSSR count). The zero-order valence-electron chi connectivity index (χ0n) is 16.1. The maximum absolute atomic E-state index is 12.9. The van der Waals surface area contributed by atoms with Crippen molar-refractivity contribution in [3.05, 3.63) is 64.7 Å². The maximum Gasteiger partial charge on any atom is 0.247 e. The summed E-state index contributed by atoms with van der Waals surface area (Å²) in [6.45, 7) is 4.78. The molecule has 0 saturated carbocycles. The van der Waals surface area contributed by atoms with E-state index in [4.69, 9.17) is 25.8 Å². The van der Waals surface area contributed by atoms with Crippen LogP contribution < -0.4 is 9.47 Å². The largest absolute Gasteiger partial charge is 0.493 e. The molecular formula is C22H24ClNO4. The van der Waals surface area contributed by atoms with Gasteiger partial charge in [0.25, 0.3) is 0 Å². The summed E-state index contributed by atoms with van der Waals surface area (Å²) >= 11 is 6.05. The van der Waals surface area contributed by atoms with Crippen molar-refractivity contribution in [3.8, 4) is 11.5 Å². The van der Waals surface area contributed by atoms with Crippen molar-refractivity contribution < 1.29 is 19.0 Å². The van der Waals surface area contributed by atoms with Crippen LogP contribution in [0.4, 0.5) is 0 Å². The highest BCUT2D eigenvalue weighted by atomic mass is 35.5. The average Bonchev–Trinajstić information content (AvgIpc) is 2.74. The number of rotatable bonds is 6. The van der Waals surface area contributed by atoms with Crippen molar-refractivity contribution in [1.29, 1.82) is 0 Å². The molecule has 1 heterocycles. The fourth-order valence-electron chi connectivity index (χ4n) is 3.07. The van der Waals surface area contributed by atoms with Crippen molar-refractivity contribution in [2.24, 2.45) is 0 Å². The third kappa shape index (κ3) is 4.86. The molecule has 2 aromatic carbocycles. The second-order valence-corrected chi connectivity index (χ2v) is 6.74. The van der Waals surface area contributed by atoms with Crippen molar-refractivity contribution in [3.63, 3.8) is 0 Å². The number of halogens is 1. The van der Waals surface area contributed by atoms with Crippen LogP contribution in [0.5, 0.6) is 11.5 Å². The van der Waals surface area contributed by atoms with Gasteiger partial charge in [-0.2, -0.15) is 0 Å². The second kappa shape index (κ2) is 9.62. The Morgan fingerprint density at radius 2 is 1.79 bits per heavy atom. The Morgan fingerprint density at radius 3 is 2.43 bits per heavy atom. The molecule has 5 nitrogen and oxygen atoms in total. The van der Waals surface area contributed by atoms with Gasteiger partial charge in [0.1, 0.15) is 0 Å². The molecule has 1 fully saturated rings. The van der Waals surface area contributed by atoms with Gasteiger partial charge in [-0.05, 0) is 47.9 Å². The molecule has 0 atom stereocenters. The van der Waals surface area contributed by atoms with E-state index in [0.29, 0.717) is 49.4 Å². The van der Waals surface area contributed by atoms with Crippen LogP contribution in [0.25, 0.3) is 5.57 Å². The molecule has 1 saturated heterocycles. The average molecular weight is 402 g/mol. The van der Waals surface area contributed by atoms with E-state index < -0.39 is 0 Å². The molecule has 148 valence electrons. The van der Waals surface area contributed by atoms with Crippen LogP contribution in [0.15, 0.2) is 48.5 Å². The van der Waals surface area contributed by atoms with Crippen molar-refractivity contribution in [2.75, 3.05) is 40.0 Å². The van der Waals surface area contributed by atoms with Gasteiger partial charge in [-0.15, -0.1) is 0 Å². The number of carbonyl (C=O) groups is 1. The van der Waals surface area contributed by atoms with E-state index in [1.165, 1.54) is 0 Å². The number of morpholine rings is 1. The lowest BCUT2D eigenvalue weighted by molar-refractivity contribution is -0.129. The van der Waals surface area contributed by atoms with Gasteiger partial charge < -0.3 is 19.1 Å².